The molecule has 0 bridgehead atoms. The number of hydrogen-bond acceptors (Lipinski definition) is 3. The number of benzene rings is 1. The lowest BCUT2D eigenvalue weighted by Crippen LogP contribution is -2.50. The molecule has 0 aliphatic heterocycles. The second-order valence-corrected chi connectivity index (χ2v) is 5.19. The molecule has 0 atom stereocenters. The van der Waals surface area contributed by atoms with Crippen LogP contribution in [0.3, 0.4) is 0 Å². The van der Waals surface area contributed by atoms with Crippen LogP contribution in [0, 0.1) is 0 Å². The van der Waals surface area contributed by atoms with Crippen LogP contribution in [-0.4, -0.2) is 35.3 Å². The van der Waals surface area contributed by atoms with E-state index >= 15 is 0 Å². The van der Waals surface area contributed by atoms with Gasteiger partial charge in [0.15, 0.2) is 0 Å². The van der Waals surface area contributed by atoms with Crippen molar-refractivity contribution in [2.45, 2.75) is 37.8 Å². The van der Waals surface area contributed by atoms with Gasteiger partial charge in [0.1, 0.15) is 6.61 Å². The molecule has 1 N–H and O–H groups in total. The van der Waals surface area contributed by atoms with Crippen molar-refractivity contribution < 1.29 is 14.6 Å². The number of ether oxygens (including phenoxy) is 1. The van der Waals surface area contributed by atoms with E-state index in [0.29, 0.717) is 0 Å². The van der Waals surface area contributed by atoms with Crippen LogP contribution in [0.15, 0.2) is 30.3 Å². The van der Waals surface area contributed by atoms with Gasteiger partial charge in [0.25, 0.3) is 0 Å². The van der Waals surface area contributed by atoms with Crippen molar-refractivity contribution in [3.8, 4) is 0 Å². The summed E-state index contributed by atoms with van der Waals surface area (Å²) in [6.07, 6.45) is 3.44. The fourth-order valence-electron chi connectivity index (χ4n) is 2.64. The molecule has 1 fully saturated rings. The minimum Gasteiger partial charge on any atom is -0.445 e. The van der Waals surface area contributed by atoms with Gasteiger partial charge in [-0.25, -0.2) is 4.79 Å². The Hall–Kier alpha value is -1.55. The lowest BCUT2D eigenvalue weighted by Gasteiger charge is -2.36. The molecule has 1 amide bonds. The quantitative estimate of drug-likeness (QED) is 0.908. The van der Waals surface area contributed by atoms with Gasteiger partial charge in [-0.1, -0.05) is 43.2 Å². The topological polar surface area (TPSA) is 49.8 Å². The van der Waals surface area contributed by atoms with Gasteiger partial charge < -0.3 is 14.7 Å². The van der Waals surface area contributed by atoms with E-state index < -0.39 is 5.54 Å². The number of aliphatic hydroxyl groups excluding tert-OH is 1. The highest BCUT2D eigenvalue weighted by molar-refractivity contribution is 5.68. The summed E-state index contributed by atoms with van der Waals surface area (Å²) in [6.45, 7) is 0.273. The van der Waals surface area contributed by atoms with Crippen LogP contribution in [-0.2, 0) is 11.3 Å². The van der Waals surface area contributed by atoms with E-state index in [-0.39, 0.29) is 19.3 Å². The first-order valence-corrected chi connectivity index (χ1v) is 6.73. The lowest BCUT2D eigenvalue weighted by molar-refractivity contribution is 0.0313. The molecule has 0 saturated heterocycles. The second kappa shape index (κ2) is 6.06. The number of carbonyl (C=O) groups is 1. The Balaban J connectivity index is 1.92. The maximum absolute atomic E-state index is 12.1. The van der Waals surface area contributed by atoms with Crippen LogP contribution in [0.5, 0.6) is 0 Å². The smallest absolute Gasteiger partial charge is 0.410 e. The molecule has 0 radical (unpaired) electrons. The molecule has 4 nitrogen and oxygen atoms in total. The van der Waals surface area contributed by atoms with Gasteiger partial charge in [0, 0.05) is 7.05 Å². The van der Waals surface area contributed by atoms with Crippen molar-refractivity contribution in [2.75, 3.05) is 13.7 Å². The fraction of sp³-hybridized carbons (Fsp3) is 0.533. The van der Waals surface area contributed by atoms with Crippen molar-refractivity contribution in [1.29, 1.82) is 0 Å². The zero-order chi connectivity index (χ0) is 13.7. The van der Waals surface area contributed by atoms with E-state index in [4.69, 9.17) is 4.74 Å². The monoisotopic (exact) mass is 263 g/mol. The highest BCUT2D eigenvalue weighted by Crippen LogP contribution is 2.34. The van der Waals surface area contributed by atoms with E-state index in [1.807, 2.05) is 30.3 Å². The van der Waals surface area contributed by atoms with E-state index in [2.05, 4.69) is 0 Å². The van der Waals surface area contributed by atoms with Gasteiger partial charge in [-0.2, -0.15) is 0 Å². The van der Waals surface area contributed by atoms with Crippen molar-refractivity contribution in [2.24, 2.45) is 0 Å². The molecule has 2 rings (SSSR count). The largest absolute Gasteiger partial charge is 0.445 e. The maximum atomic E-state index is 12.1. The first-order chi connectivity index (χ1) is 9.18. The molecule has 4 heteroatoms. The maximum Gasteiger partial charge on any atom is 0.410 e. The van der Waals surface area contributed by atoms with Crippen LogP contribution >= 0.6 is 0 Å². The normalized spacial score (nSPS) is 17.2. The predicted molar refractivity (Wildman–Crippen MR) is 72.7 cm³/mol. The average Bonchev–Trinajstić information content (AvgIpc) is 2.95. The minimum absolute atomic E-state index is 0.00391. The molecular weight excluding hydrogens is 242 g/mol. The summed E-state index contributed by atoms with van der Waals surface area (Å²) in [5, 5.41) is 9.57. The highest BCUT2D eigenvalue weighted by atomic mass is 16.6. The Morgan fingerprint density at radius 3 is 2.53 bits per heavy atom. The molecule has 19 heavy (non-hydrogen) atoms. The third-order valence-corrected chi connectivity index (χ3v) is 4.02. The molecule has 0 unspecified atom stereocenters. The first-order valence-electron chi connectivity index (χ1n) is 6.73. The van der Waals surface area contributed by atoms with Crippen molar-refractivity contribution in [1.82, 2.24) is 4.90 Å². The van der Waals surface area contributed by atoms with Crippen LogP contribution in [0.4, 0.5) is 4.79 Å². The molecule has 1 aliphatic rings. The van der Waals surface area contributed by atoms with Gasteiger partial charge in [-0.3, -0.25) is 0 Å². The standard InChI is InChI=1S/C15H21NO3/c1-16(15(12-17)9-5-6-10-15)14(18)19-11-13-7-3-2-4-8-13/h2-4,7-8,17H,5-6,9-12H2,1H3. The average molecular weight is 263 g/mol. The Bertz CT molecular complexity index is 413. The van der Waals surface area contributed by atoms with E-state index in [0.717, 1.165) is 31.2 Å². The molecule has 0 heterocycles. The van der Waals surface area contributed by atoms with Crippen LogP contribution in [0.2, 0.25) is 0 Å². The predicted octanol–water partition coefficient (Wildman–Crippen LogP) is 2.56. The summed E-state index contributed by atoms with van der Waals surface area (Å²) < 4.78 is 5.31. The summed E-state index contributed by atoms with van der Waals surface area (Å²) in [7, 11) is 1.72. The second-order valence-electron chi connectivity index (χ2n) is 5.19. The molecule has 1 aliphatic carbocycles. The molecule has 0 spiro atoms. The van der Waals surface area contributed by atoms with Crippen LogP contribution < -0.4 is 0 Å². The lowest BCUT2D eigenvalue weighted by atomic mass is 9.97. The van der Waals surface area contributed by atoms with E-state index in [9.17, 15) is 9.90 Å². The third kappa shape index (κ3) is 3.07. The fourth-order valence-corrected chi connectivity index (χ4v) is 2.64. The SMILES string of the molecule is CN(C(=O)OCc1ccccc1)C1(CO)CCCC1. The molecule has 1 aromatic rings. The van der Waals surface area contributed by atoms with Crippen molar-refractivity contribution in [3.05, 3.63) is 35.9 Å². The number of aliphatic hydroxyl groups is 1. The number of hydrogen-bond donors (Lipinski definition) is 1. The molecule has 0 aromatic heterocycles. The zero-order valence-corrected chi connectivity index (χ0v) is 11.3. The van der Waals surface area contributed by atoms with Gasteiger partial charge >= 0.3 is 6.09 Å². The number of rotatable bonds is 4. The van der Waals surface area contributed by atoms with Crippen LogP contribution in [0.25, 0.3) is 0 Å². The number of likely N-dealkylation sites (N-methyl/N-ethyl adjacent to an activating group) is 1. The van der Waals surface area contributed by atoms with Gasteiger partial charge in [-0.15, -0.1) is 0 Å². The number of amides is 1. The summed E-state index contributed by atoms with van der Waals surface area (Å²) in [4.78, 5) is 13.6. The van der Waals surface area contributed by atoms with E-state index in [1.165, 1.54) is 0 Å². The minimum atomic E-state index is -0.423. The van der Waals surface area contributed by atoms with Gasteiger partial charge in [0.05, 0.1) is 12.1 Å². The summed E-state index contributed by atoms with van der Waals surface area (Å²) in [5.41, 5.74) is 0.544. The van der Waals surface area contributed by atoms with Crippen molar-refractivity contribution >= 4 is 6.09 Å². The third-order valence-electron chi connectivity index (χ3n) is 4.02. The number of carbonyl (C=O) groups excluding carboxylic acids is 1. The molecule has 1 saturated carbocycles. The number of nitrogens with zero attached hydrogens (tertiary/aromatic N) is 1. The Labute approximate surface area is 114 Å². The Kier molecular flexibility index (Phi) is 4.43. The summed E-state index contributed by atoms with van der Waals surface area (Å²) in [6, 6.07) is 9.60. The zero-order valence-electron chi connectivity index (χ0n) is 11.3. The molecule has 1 aromatic carbocycles. The summed E-state index contributed by atoms with van der Waals surface area (Å²) in [5.74, 6) is 0. The highest BCUT2D eigenvalue weighted by Gasteiger charge is 2.40. The first kappa shape index (κ1) is 13.9. The summed E-state index contributed by atoms with van der Waals surface area (Å²) >= 11 is 0. The van der Waals surface area contributed by atoms with E-state index in [1.54, 1.807) is 11.9 Å². The van der Waals surface area contributed by atoms with Crippen LogP contribution in [0.1, 0.15) is 31.2 Å². The molecule has 104 valence electrons. The Morgan fingerprint density at radius 1 is 1.32 bits per heavy atom. The van der Waals surface area contributed by atoms with Gasteiger partial charge in [0.2, 0.25) is 0 Å². The van der Waals surface area contributed by atoms with Gasteiger partial charge in [-0.05, 0) is 18.4 Å². The van der Waals surface area contributed by atoms with Crippen molar-refractivity contribution in [3.63, 3.8) is 0 Å². The molecular formula is C15H21NO3. The Morgan fingerprint density at radius 2 is 1.95 bits per heavy atom.